The second-order valence-corrected chi connectivity index (χ2v) is 5.02. The molecule has 2 N–H and O–H groups in total. The minimum absolute atomic E-state index is 0.0250. The maximum atomic E-state index is 11.9. The number of carbonyl (C=O) groups excluding carboxylic acids is 1. The summed E-state index contributed by atoms with van der Waals surface area (Å²) in [5.74, 6) is -0.0250. The maximum absolute atomic E-state index is 11.9. The molecule has 1 saturated heterocycles. The summed E-state index contributed by atoms with van der Waals surface area (Å²) in [6.45, 7) is 0.897. The van der Waals surface area contributed by atoms with Crippen molar-refractivity contribution in [2.24, 2.45) is 0 Å². The molecule has 3 nitrogen and oxygen atoms in total. The van der Waals surface area contributed by atoms with E-state index in [0.717, 1.165) is 25.8 Å². The molecular formula is C12H14Cl2N2O. The van der Waals surface area contributed by atoms with Crippen LogP contribution in [0.3, 0.4) is 0 Å². The summed E-state index contributed by atoms with van der Waals surface area (Å²) in [5, 5.41) is 7.05. The first-order chi connectivity index (χ1) is 8.15. The van der Waals surface area contributed by atoms with Gasteiger partial charge in [-0.3, -0.25) is 4.79 Å². The molecule has 1 aliphatic rings. The fraction of sp³-hybridized carbons (Fsp3) is 0.417. The van der Waals surface area contributed by atoms with Crippen molar-refractivity contribution in [3.05, 3.63) is 28.2 Å². The number of hydrogen-bond donors (Lipinski definition) is 2. The van der Waals surface area contributed by atoms with Crippen LogP contribution in [0.2, 0.25) is 10.0 Å². The normalized spacial score (nSPS) is 20.0. The number of nitrogens with one attached hydrogen (secondary N) is 2. The molecule has 0 bridgehead atoms. The molecule has 0 radical (unpaired) electrons. The lowest BCUT2D eigenvalue weighted by molar-refractivity contribution is -0.118. The van der Waals surface area contributed by atoms with Gasteiger partial charge in [0.25, 0.3) is 0 Å². The van der Waals surface area contributed by atoms with E-state index in [2.05, 4.69) is 10.6 Å². The van der Waals surface area contributed by atoms with Crippen LogP contribution in [0.15, 0.2) is 18.2 Å². The number of halogens is 2. The highest BCUT2D eigenvalue weighted by molar-refractivity contribution is 6.35. The van der Waals surface area contributed by atoms with Gasteiger partial charge < -0.3 is 10.6 Å². The van der Waals surface area contributed by atoms with Gasteiger partial charge in [0.05, 0.1) is 6.04 Å². The Kier molecular flexibility index (Phi) is 4.26. The van der Waals surface area contributed by atoms with Crippen molar-refractivity contribution in [3.8, 4) is 0 Å². The predicted molar refractivity (Wildman–Crippen MR) is 70.7 cm³/mol. The summed E-state index contributed by atoms with van der Waals surface area (Å²) in [4.78, 5) is 11.9. The average molecular weight is 273 g/mol. The summed E-state index contributed by atoms with van der Waals surface area (Å²) in [6.07, 6.45) is 3.09. The van der Waals surface area contributed by atoms with E-state index in [9.17, 15) is 4.79 Å². The van der Waals surface area contributed by atoms with Crippen LogP contribution < -0.4 is 10.6 Å². The third-order valence-corrected chi connectivity index (χ3v) is 3.19. The molecule has 5 heteroatoms. The number of piperidine rings is 1. The van der Waals surface area contributed by atoms with Crippen molar-refractivity contribution in [3.63, 3.8) is 0 Å². The highest BCUT2D eigenvalue weighted by Crippen LogP contribution is 2.22. The minimum Gasteiger partial charge on any atom is -0.325 e. The first-order valence-electron chi connectivity index (χ1n) is 5.65. The summed E-state index contributed by atoms with van der Waals surface area (Å²) in [7, 11) is 0. The molecule has 1 amide bonds. The molecule has 1 aromatic carbocycles. The highest BCUT2D eigenvalue weighted by Gasteiger charge is 2.20. The van der Waals surface area contributed by atoms with Crippen molar-refractivity contribution >= 4 is 34.8 Å². The first kappa shape index (κ1) is 12.7. The second-order valence-electron chi connectivity index (χ2n) is 4.15. The van der Waals surface area contributed by atoms with Crippen LogP contribution in [0.1, 0.15) is 19.3 Å². The lowest BCUT2D eigenvalue weighted by Gasteiger charge is -2.22. The van der Waals surface area contributed by atoms with E-state index in [1.165, 1.54) is 0 Å². The van der Waals surface area contributed by atoms with E-state index in [4.69, 9.17) is 23.2 Å². The molecular weight excluding hydrogens is 259 g/mol. The number of benzene rings is 1. The zero-order chi connectivity index (χ0) is 12.3. The fourth-order valence-electron chi connectivity index (χ4n) is 1.93. The Bertz CT molecular complexity index is 397. The average Bonchev–Trinajstić information content (AvgIpc) is 2.28. The Balaban J connectivity index is 2.01. The zero-order valence-corrected chi connectivity index (χ0v) is 10.8. The van der Waals surface area contributed by atoms with Crippen LogP contribution >= 0.6 is 23.2 Å². The molecule has 0 aromatic heterocycles. The van der Waals surface area contributed by atoms with E-state index in [1.54, 1.807) is 18.2 Å². The van der Waals surface area contributed by atoms with E-state index >= 15 is 0 Å². The van der Waals surface area contributed by atoms with Crippen molar-refractivity contribution < 1.29 is 4.79 Å². The molecule has 0 aliphatic carbocycles. The molecule has 92 valence electrons. The van der Waals surface area contributed by atoms with E-state index in [-0.39, 0.29) is 11.9 Å². The molecule has 1 fully saturated rings. The molecule has 1 aromatic rings. The van der Waals surface area contributed by atoms with Crippen molar-refractivity contribution in [1.82, 2.24) is 5.32 Å². The number of hydrogen-bond acceptors (Lipinski definition) is 2. The quantitative estimate of drug-likeness (QED) is 0.869. The molecule has 17 heavy (non-hydrogen) atoms. The van der Waals surface area contributed by atoms with E-state index in [1.807, 2.05) is 0 Å². The van der Waals surface area contributed by atoms with Crippen LogP contribution in [-0.4, -0.2) is 18.5 Å². The Labute approximate surface area is 110 Å². The molecule has 0 saturated carbocycles. The Morgan fingerprint density at radius 2 is 1.94 bits per heavy atom. The Hall–Kier alpha value is -0.770. The largest absolute Gasteiger partial charge is 0.325 e. The maximum Gasteiger partial charge on any atom is 0.241 e. The third-order valence-electron chi connectivity index (χ3n) is 2.76. The Morgan fingerprint density at radius 1 is 1.24 bits per heavy atom. The van der Waals surface area contributed by atoms with E-state index < -0.39 is 0 Å². The van der Waals surface area contributed by atoms with Gasteiger partial charge in [-0.15, -0.1) is 0 Å². The molecule has 1 heterocycles. The predicted octanol–water partition coefficient (Wildman–Crippen LogP) is 3.07. The smallest absolute Gasteiger partial charge is 0.241 e. The SMILES string of the molecule is O=C(Nc1cc(Cl)cc(Cl)c1)[C@H]1CCCCN1. The number of amides is 1. The molecule has 0 unspecified atom stereocenters. The summed E-state index contributed by atoms with van der Waals surface area (Å²) >= 11 is 11.7. The lowest BCUT2D eigenvalue weighted by atomic mass is 10.0. The van der Waals surface area contributed by atoms with Gasteiger partial charge in [-0.2, -0.15) is 0 Å². The van der Waals surface area contributed by atoms with Crippen molar-refractivity contribution in [2.45, 2.75) is 25.3 Å². The van der Waals surface area contributed by atoms with Gasteiger partial charge in [-0.1, -0.05) is 29.6 Å². The lowest BCUT2D eigenvalue weighted by Crippen LogP contribution is -2.43. The third kappa shape index (κ3) is 3.60. The van der Waals surface area contributed by atoms with Crippen LogP contribution in [-0.2, 0) is 4.79 Å². The molecule has 0 spiro atoms. The van der Waals surface area contributed by atoms with Gasteiger partial charge in [0.15, 0.2) is 0 Å². The minimum atomic E-state index is -0.110. The van der Waals surface area contributed by atoms with Crippen molar-refractivity contribution in [1.29, 1.82) is 0 Å². The highest BCUT2D eigenvalue weighted by atomic mass is 35.5. The van der Waals surface area contributed by atoms with Crippen LogP contribution in [0.5, 0.6) is 0 Å². The van der Waals surface area contributed by atoms with Gasteiger partial charge in [0.2, 0.25) is 5.91 Å². The molecule has 1 aliphatic heterocycles. The zero-order valence-electron chi connectivity index (χ0n) is 9.30. The van der Waals surface area contributed by atoms with Gasteiger partial charge in [-0.25, -0.2) is 0 Å². The van der Waals surface area contributed by atoms with Gasteiger partial charge in [-0.05, 0) is 37.6 Å². The van der Waals surface area contributed by atoms with Gasteiger partial charge >= 0.3 is 0 Å². The standard InChI is InChI=1S/C12H14Cl2N2O/c13-8-5-9(14)7-10(6-8)16-12(17)11-3-1-2-4-15-11/h5-7,11,15H,1-4H2,(H,16,17)/t11-/m1/s1. The monoisotopic (exact) mass is 272 g/mol. The van der Waals surface area contributed by atoms with Gasteiger partial charge in [0.1, 0.15) is 0 Å². The summed E-state index contributed by atoms with van der Waals surface area (Å²) in [6, 6.07) is 4.90. The summed E-state index contributed by atoms with van der Waals surface area (Å²) < 4.78 is 0. The number of anilines is 1. The second kappa shape index (κ2) is 5.71. The van der Waals surface area contributed by atoms with Crippen molar-refractivity contribution in [2.75, 3.05) is 11.9 Å². The van der Waals surface area contributed by atoms with E-state index in [0.29, 0.717) is 15.7 Å². The Morgan fingerprint density at radius 3 is 2.53 bits per heavy atom. The number of carbonyl (C=O) groups is 1. The summed E-state index contributed by atoms with van der Waals surface area (Å²) in [5.41, 5.74) is 0.639. The molecule has 2 rings (SSSR count). The first-order valence-corrected chi connectivity index (χ1v) is 6.41. The van der Waals surface area contributed by atoms with Crippen LogP contribution in [0, 0.1) is 0 Å². The number of rotatable bonds is 2. The molecule has 1 atom stereocenters. The van der Waals surface area contributed by atoms with Gasteiger partial charge in [0, 0.05) is 15.7 Å². The van der Waals surface area contributed by atoms with Crippen LogP contribution in [0.4, 0.5) is 5.69 Å². The topological polar surface area (TPSA) is 41.1 Å². The van der Waals surface area contributed by atoms with Crippen LogP contribution in [0.25, 0.3) is 0 Å². The fourth-order valence-corrected chi connectivity index (χ4v) is 2.46.